The van der Waals surface area contributed by atoms with Crippen LogP contribution in [0.25, 0.3) is 10.9 Å². The molecule has 1 fully saturated rings. The fourth-order valence-corrected chi connectivity index (χ4v) is 6.32. The summed E-state index contributed by atoms with van der Waals surface area (Å²) in [5.41, 5.74) is 0.458. The van der Waals surface area contributed by atoms with Crippen molar-refractivity contribution in [3.63, 3.8) is 0 Å². The first kappa shape index (κ1) is 17.4. The van der Waals surface area contributed by atoms with E-state index in [1.54, 1.807) is 24.3 Å². The predicted octanol–water partition coefficient (Wildman–Crippen LogP) is 2.86. The number of sulfonamides is 1. The number of hydrogen-bond donors (Lipinski definition) is 1. The lowest BCUT2D eigenvalue weighted by atomic mass is 9.98. The van der Waals surface area contributed by atoms with Crippen molar-refractivity contribution in [2.45, 2.75) is 29.9 Å². The van der Waals surface area contributed by atoms with Gasteiger partial charge in [0.05, 0.1) is 10.9 Å². The lowest BCUT2D eigenvalue weighted by molar-refractivity contribution is 0.310. The molecule has 1 saturated heterocycles. The van der Waals surface area contributed by atoms with Gasteiger partial charge in [0, 0.05) is 23.9 Å². The first-order chi connectivity index (χ1) is 12.4. The molecule has 0 aliphatic carbocycles. The molecule has 3 heterocycles. The zero-order chi connectivity index (χ0) is 18.3. The lowest BCUT2D eigenvalue weighted by Gasteiger charge is -2.31. The Hall–Kier alpha value is -2.03. The summed E-state index contributed by atoms with van der Waals surface area (Å²) in [6, 6.07) is 10.7. The Balaban J connectivity index is 1.66. The largest absolute Gasteiger partial charge is 0.310 e. The van der Waals surface area contributed by atoms with E-state index >= 15 is 0 Å². The van der Waals surface area contributed by atoms with Gasteiger partial charge < -0.3 is 4.98 Å². The number of para-hydroxylation sites is 1. The SMILES string of the molecule is Cc1ccc(S(=O)(=O)N2CCC[C@@H](c3nc4ccccc4c(=O)[nH]3)C2)s1. The van der Waals surface area contributed by atoms with E-state index in [1.165, 1.54) is 15.6 Å². The fourth-order valence-electron chi connectivity index (χ4n) is 3.36. The normalized spacial score (nSPS) is 19.0. The summed E-state index contributed by atoms with van der Waals surface area (Å²) >= 11 is 1.29. The van der Waals surface area contributed by atoms with E-state index in [0.717, 1.165) is 17.7 Å². The van der Waals surface area contributed by atoms with Crippen LogP contribution in [0.3, 0.4) is 0 Å². The average molecular weight is 390 g/mol. The molecule has 1 N–H and O–H groups in total. The molecule has 1 aliphatic rings. The number of aromatic nitrogens is 2. The standard InChI is InChI=1S/C18H19N3O3S2/c1-12-8-9-16(25-12)26(23,24)21-10-4-5-13(11-21)17-19-15-7-3-2-6-14(15)18(22)20-17/h2-3,6-9,13H,4-5,10-11H2,1H3,(H,19,20,22)/t13-/m1/s1. The second kappa shape index (κ2) is 6.61. The first-order valence-corrected chi connectivity index (χ1v) is 10.8. The van der Waals surface area contributed by atoms with Crippen molar-refractivity contribution in [1.29, 1.82) is 0 Å². The molecule has 0 amide bonds. The Morgan fingerprint density at radius 2 is 2.04 bits per heavy atom. The smallest absolute Gasteiger partial charge is 0.258 e. The van der Waals surface area contributed by atoms with Crippen molar-refractivity contribution in [3.8, 4) is 0 Å². The summed E-state index contributed by atoms with van der Waals surface area (Å²) in [5, 5.41) is 0.547. The van der Waals surface area contributed by atoms with Crippen LogP contribution in [-0.4, -0.2) is 35.8 Å². The molecular formula is C18H19N3O3S2. The van der Waals surface area contributed by atoms with Crippen LogP contribution in [0.4, 0.5) is 0 Å². The van der Waals surface area contributed by atoms with Gasteiger partial charge in [0.25, 0.3) is 15.6 Å². The first-order valence-electron chi connectivity index (χ1n) is 8.51. The number of H-pyrrole nitrogens is 1. The van der Waals surface area contributed by atoms with E-state index in [-0.39, 0.29) is 11.5 Å². The van der Waals surface area contributed by atoms with Crippen molar-refractivity contribution in [2.75, 3.05) is 13.1 Å². The molecule has 0 radical (unpaired) electrons. The molecular weight excluding hydrogens is 370 g/mol. The number of aryl methyl sites for hydroxylation is 1. The molecule has 26 heavy (non-hydrogen) atoms. The molecule has 1 aliphatic heterocycles. The molecule has 136 valence electrons. The topological polar surface area (TPSA) is 83.1 Å². The van der Waals surface area contributed by atoms with Crippen LogP contribution in [0.15, 0.2) is 45.4 Å². The Morgan fingerprint density at radius 3 is 2.81 bits per heavy atom. The van der Waals surface area contributed by atoms with Crippen LogP contribution in [0.2, 0.25) is 0 Å². The third kappa shape index (κ3) is 3.08. The number of benzene rings is 1. The molecule has 6 nitrogen and oxygen atoms in total. The van der Waals surface area contributed by atoms with E-state index in [2.05, 4.69) is 9.97 Å². The van der Waals surface area contributed by atoms with Gasteiger partial charge in [-0.2, -0.15) is 4.31 Å². The predicted molar refractivity (Wildman–Crippen MR) is 102 cm³/mol. The van der Waals surface area contributed by atoms with Gasteiger partial charge in [0.2, 0.25) is 0 Å². The quantitative estimate of drug-likeness (QED) is 0.747. The van der Waals surface area contributed by atoms with E-state index in [4.69, 9.17) is 0 Å². The third-order valence-electron chi connectivity index (χ3n) is 4.71. The van der Waals surface area contributed by atoms with Crippen LogP contribution in [-0.2, 0) is 10.0 Å². The van der Waals surface area contributed by atoms with Gasteiger partial charge in [-0.1, -0.05) is 12.1 Å². The zero-order valence-electron chi connectivity index (χ0n) is 14.3. The molecule has 3 aromatic rings. The number of rotatable bonds is 3. The molecule has 0 bridgehead atoms. The second-order valence-electron chi connectivity index (χ2n) is 6.54. The van der Waals surface area contributed by atoms with Gasteiger partial charge in [0.15, 0.2) is 0 Å². The second-order valence-corrected chi connectivity index (χ2v) is 9.99. The molecule has 1 aromatic carbocycles. The number of thiophene rings is 1. The summed E-state index contributed by atoms with van der Waals surface area (Å²) in [7, 11) is -3.50. The number of hydrogen-bond acceptors (Lipinski definition) is 5. The molecule has 0 unspecified atom stereocenters. The molecule has 0 spiro atoms. The minimum atomic E-state index is -3.50. The molecule has 0 saturated carbocycles. The number of fused-ring (bicyclic) bond motifs is 1. The Labute approximate surface area is 155 Å². The van der Waals surface area contributed by atoms with Crippen LogP contribution in [0.1, 0.15) is 29.5 Å². The highest BCUT2D eigenvalue weighted by atomic mass is 32.2. The van der Waals surface area contributed by atoms with Crippen LogP contribution >= 0.6 is 11.3 Å². The van der Waals surface area contributed by atoms with E-state index < -0.39 is 10.0 Å². The minimum absolute atomic E-state index is 0.114. The van der Waals surface area contributed by atoms with Gasteiger partial charge in [0.1, 0.15) is 10.0 Å². The van der Waals surface area contributed by atoms with Gasteiger partial charge >= 0.3 is 0 Å². The average Bonchev–Trinajstić information content (AvgIpc) is 3.09. The highest BCUT2D eigenvalue weighted by molar-refractivity contribution is 7.91. The highest BCUT2D eigenvalue weighted by Gasteiger charge is 2.32. The van der Waals surface area contributed by atoms with Crippen molar-refractivity contribution < 1.29 is 8.42 Å². The monoisotopic (exact) mass is 389 g/mol. The maximum absolute atomic E-state index is 12.9. The lowest BCUT2D eigenvalue weighted by Crippen LogP contribution is -2.39. The number of aromatic amines is 1. The van der Waals surface area contributed by atoms with E-state index in [0.29, 0.717) is 34.0 Å². The van der Waals surface area contributed by atoms with Crippen molar-refractivity contribution in [2.24, 2.45) is 0 Å². The van der Waals surface area contributed by atoms with Crippen molar-refractivity contribution in [1.82, 2.24) is 14.3 Å². The summed E-state index contributed by atoms with van der Waals surface area (Å²) < 4.78 is 27.7. The third-order valence-corrected chi connectivity index (χ3v) is 8.05. The summed E-state index contributed by atoms with van der Waals surface area (Å²) in [5.74, 6) is 0.452. The summed E-state index contributed by atoms with van der Waals surface area (Å²) in [6.45, 7) is 2.72. The van der Waals surface area contributed by atoms with Crippen LogP contribution < -0.4 is 5.56 Å². The van der Waals surface area contributed by atoms with Gasteiger partial charge in [-0.15, -0.1) is 11.3 Å². The van der Waals surface area contributed by atoms with Gasteiger partial charge in [-0.3, -0.25) is 4.79 Å². The zero-order valence-corrected chi connectivity index (χ0v) is 15.9. The molecule has 1 atom stereocenters. The molecule has 2 aromatic heterocycles. The molecule has 4 rings (SSSR count). The number of nitrogens with zero attached hydrogens (tertiary/aromatic N) is 2. The van der Waals surface area contributed by atoms with Crippen molar-refractivity contribution >= 4 is 32.3 Å². The summed E-state index contributed by atoms with van der Waals surface area (Å²) in [4.78, 5) is 20.7. The van der Waals surface area contributed by atoms with Crippen LogP contribution in [0, 0.1) is 6.92 Å². The Morgan fingerprint density at radius 1 is 1.23 bits per heavy atom. The van der Waals surface area contributed by atoms with Crippen LogP contribution in [0.5, 0.6) is 0 Å². The maximum atomic E-state index is 12.9. The number of piperidine rings is 1. The van der Waals surface area contributed by atoms with Crippen molar-refractivity contribution in [3.05, 3.63) is 57.5 Å². The summed E-state index contributed by atoms with van der Waals surface area (Å²) in [6.07, 6.45) is 1.54. The van der Waals surface area contributed by atoms with E-state index in [9.17, 15) is 13.2 Å². The number of nitrogens with one attached hydrogen (secondary N) is 1. The Bertz CT molecular complexity index is 1120. The van der Waals surface area contributed by atoms with E-state index in [1.807, 2.05) is 19.1 Å². The maximum Gasteiger partial charge on any atom is 0.258 e. The highest BCUT2D eigenvalue weighted by Crippen LogP contribution is 2.31. The fraction of sp³-hybridized carbons (Fsp3) is 0.333. The molecule has 8 heteroatoms. The van der Waals surface area contributed by atoms with Gasteiger partial charge in [-0.05, 0) is 44.0 Å². The van der Waals surface area contributed by atoms with Gasteiger partial charge in [-0.25, -0.2) is 13.4 Å². The minimum Gasteiger partial charge on any atom is -0.310 e. The Kier molecular flexibility index (Phi) is 4.42.